The number of benzene rings is 1. The molecule has 3 aliphatic rings. The monoisotopic (exact) mass is 690 g/mol. The lowest BCUT2D eigenvalue weighted by Crippen LogP contribution is -2.34. The molecule has 6 rings (SSSR count). The van der Waals surface area contributed by atoms with E-state index in [2.05, 4.69) is 48.7 Å². The summed E-state index contributed by atoms with van der Waals surface area (Å²) in [5.41, 5.74) is 10.6. The number of unbranched alkanes of at least 4 members (excludes halogenated alkanes) is 1. The van der Waals surface area contributed by atoms with E-state index in [9.17, 15) is 5.26 Å². The van der Waals surface area contributed by atoms with Gasteiger partial charge in [0.2, 0.25) is 5.95 Å². The first-order valence-electron chi connectivity index (χ1n) is 17.9. The topological polar surface area (TPSA) is 91.3 Å². The molecule has 1 saturated heterocycles. The molecule has 1 saturated carbocycles. The Labute approximate surface area is 294 Å². The summed E-state index contributed by atoms with van der Waals surface area (Å²) >= 11 is 1.00. The van der Waals surface area contributed by atoms with Gasteiger partial charge < -0.3 is 20.3 Å². The predicted octanol–water partition coefficient (Wildman–Crippen LogP) is 9.77. The van der Waals surface area contributed by atoms with Gasteiger partial charge in [-0.15, -0.1) is 11.3 Å². The third-order valence-corrected chi connectivity index (χ3v) is 11.6. The molecular formula is C39H52F2N6OS. The smallest absolute Gasteiger partial charge is 0.225 e. The van der Waals surface area contributed by atoms with Crippen LogP contribution in [0.4, 0.5) is 19.7 Å². The molecule has 7 nitrogen and oxygen atoms in total. The first-order valence-corrected chi connectivity index (χ1v) is 18.8. The molecule has 0 radical (unpaired) electrons. The number of rotatable bonds is 11. The largest absolute Gasteiger partial charge is 0.389 e. The molecule has 1 aliphatic carbocycles. The molecule has 0 bridgehead atoms. The van der Waals surface area contributed by atoms with E-state index in [0.29, 0.717) is 58.1 Å². The summed E-state index contributed by atoms with van der Waals surface area (Å²) in [6, 6.07) is 2.14. The molecule has 1 unspecified atom stereocenters. The standard InChI is InChI=1S/C28H29F2N5OS.C11H23N/c1-5-15(4)21(23-16(9-31)27(32)37-26(23)20(29)6-2)22-19-13-36-12-18(19)17-10-33-28(34-25(17)24(22)30)35-8-7-14(3)11-35;1-4-6-7-11(8-9-11)12(3)10-5-2/h6,10,14H,5,7-8,11-13,32H2,1-4H3;4-10H2,1-3H3/b20-6+,21-15?;. The predicted molar refractivity (Wildman–Crippen MR) is 199 cm³/mol. The lowest BCUT2D eigenvalue weighted by Gasteiger charge is -2.27. The summed E-state index contributed by atoms with van der Waals surface area (Å²) < 4.78 is 37.7. The highest BCUT2D eigenvalue weighted by Gasteiger charge is 2.44. The van der Waals surface area contributed by atoms with Crippen molar-refractivity contribution >= 4 is 44.6 Å². The zero-order valence-electron chi connectivity index (χ0n) is 30.3. The van der Waals surface area contributed by atoms with Crippen molar-refractivity contribution in [1.29, 1.82) is 5.26 Å². The van der Waals surface area contributed by atoms with Crippen LogP contribution in [0.2, 0.25) is 0 Å². The van der Waals surface area contributed by atoms with Gasteiger partial charge in [0.05, 0.1) is 23.7 Å². The second-order valence-electron chi connectivity index (χ2n) is 14.0. The number of nitriles is 1. The van der Waals surface area contributed by atoms with Gasteiger partial charge in [-0.3, -0.25) is 0 Å². The molecule has 4 heterocycles. The molecular weight excluding hydrogens is 639 g/mol. The van der Waals surface area contributed by atoms with Gasteiger partial charge in [0.25, 0.3) is 0 Å². The third kappa shape index (κ3) is 7.26. The molecule has 264 valence electrons. The van der Waals surface area contributed by atoms with Crippen molar-refractivity contribution in [3.63, 3.8) is 0 Å². The normalized spacial score (nSPS) is 18.8. The number of nitrogens with zero attached hydrogens (tertiary/aromatic N) is 5. The molecule has 2 fully saturated rings. The minimum absolute atomic E-state index is 0.154. The van der Waals surface area contributed by atoms with Crippen LogP contribution in [-0.4, -0.2) is 47.1 Å². The maximum atomic E-state index is 16.7. The van der Waals surface area contributed by atoms with Gasteiger partial charge in [-0.05, 0) is 88.6 Å². The van der Waals surface area contributed by atoms with Gasteiger partial charge in [0, 0.05) is 41.3 Å². The number of aromatic nitrogens is 2. The Morgan fingerprint density at radius 1 is 1.22 bits per heavy atom. The molecule has 2 aliphatic heterocycles. The zero-order chi connectivity index (χ0) is 35.5. The van der Waals surface area contributed by atoms with Crippen LogP contribution in [0.25, 0.3) is 22.3 Å². The summed E-state index contributed by atoms with van der Waals surface area (Å²) in [5, 5.41) is 10.8. The van der Waals surface area contributed by atoms with Gasteiger partial charge in [-0.1, -0.05) is 52.2 Å². The van der Waals surface area contributed by atoms with Crippen LogP contribution in [0.3, 0.4) is 0 Å². The first kappa shape index (κ1) is 36.9. The van der Waals surface area contributed by atoms with Gasteiger partial charge in [-0.25, -0.2) is 18.7 Å². The number of allylic oxidation sites excluding steroid dienone is 2. The first-order chi connectivity index (χ1) is 23.5. The van der Waals surface area contributed by atoms with Crippen molar-refractivity contribution in [2.45, 2.75) is 112 Å². The van der Waals surface area contributed by atoms with Crippen LogP contribution in [0.1, 0.15) is 126 Å². The van der Waals surface area contributed by atoms with Crippen LogP contribution in [0.15, 0.2) is 17.8 Å². The zero-order valence-corrected chi connectivity index (χ0v) is 31.1. The van der Waals surface area contributed by atoms with Crippen LogP contribution < -0.4 is 10.6 Å². The van der Waals surface area contributed by atoms with E-state index in [-0.39, 0.29) is 27.6 Å². The Morgan fingerprint density at radius 2 is 1.96 bits per heavy atom. The molecule has 1 atom stereocenters. The van der Waals surface area contributed by atoms with Crippen molar-refractivity contribution in [3.8, 4) is 6.07 Å². The number of hydrogen-bond acceptors (Lipinski definition) is 8. The molecule has 10 heteroatoms. The van der Waals surface area contributed by atoms with Gasteiger partial charge in [-0.2, -0.15) is 5.26 Å². The summed E-state index contributed by atoms with van der Waals surface area (Å²) in [7, 11) is 2.30. The highest BCUT2D eigenvalue weighted by molar-refractivity contribution is 7.17. The van der Waals surface area contributed by atoms with Crippen molar-refractivity contribution in [2.75, 3.05) is 37.3 Å². The Balaban J connectivity index is 0.000000330. The van der Waals surface area contributed by atoms with E-state index in [0.717, 1.165) is 42.0 Å². The minimum atomic E-state index is -0.515. The Hall–Kier alpha value is -3.39. The minimum Gasteiger partial charge on any atom is -0.389 e. The molecule has 3 aromatic rings. The van der Waals surface area contributed by atoms with E-state index >= 15 is 8.78 Å². The lowest BCUT2D eigenvalue weighted by atomic mass is 9.85. The van der Waals surface area contributed by atoms with Crippen LogP contribution in [0.5, 0.6) is 0 Å². The summed E-state index contributed by atoms with van der Waals surface area (Å²) in [6.45, 7) is 15.6. The number of halogens is 2. The van der Waals surface area contributed by atoms with Crippen LogP contribution in [0, 0.1) is 23.1 Å². The highest BCUT2D eigenvalue weighted by atomic mass is 32.1. The van der Waals surface area contributed by atoms with E-state index in [4.69, 9.17) is 15.5 Å². The number of nitrogen functional groups attached to an aromatic ring is 1. The number of ether oxygens (including phenoxy) is 1. The van der Waals surface area contributed by atoms with Gasteiger partial charge in [0.1, 0.15) is 22.4 Å². The molecule has 1 aromatic carbocycles. The average molecular weight is 691 g/mol. The third-order valence-electron chi connectivity index (χ3n) is 10.6. The maximum absolute atomic E-state index is 16.7. The van der Waals surface area contributed by atoms with E-state index in [1.807, 2.05) is 13.8 Å². The van der Waals surface area contributed by atoms with E-state index in [1.54, 1.807) is 13.1 Å². The molecule has 0 amide bonds. The van der Waals surface area contributed by atoms with Crippen molar-refractivity contribution in [3.05, 3.63) is 56.4 Å². The summed E-state index contributed by atoms with van der Waals surface area (Å²) in [5.74, 6) is -0.00499. The van der Waals surface area contributed by atoms with Gasteiger partial charge in [0.15, 0.2) is 5.82 Å². The Morgan fingerprint density at radius 3 is 2.55 bits per heavy atom. The van der Waals surface area contributed by atoms with Crippen LogP contribution in [-0.2, 0) is 18.0 Å². The lowest BCUT2D eigenvalue weighted by molar-refractivity contribution is 0.134. The van der Waals surface area contributed by atoms with Crippen molar-refractivity contribution in [1.82, 2.24) is 14.9 Å². The van der Waals surface area contributed by atoms with E-state index < -0.39 is 11.6 Å². The maximum Gasteiger partial charge on any atom is 0.225 e. The van der Waals surface area contributed by atoms with Crippen molar-refractivity contribution in [2.24, 2.45) is 5.92 Å². The highest BCUT2D eigenvalue weighted by Crippen LogP contribution is 2.48. The number of nitrogens with two attached hydrogens (primary N) is 1. The average Bonchev–Trinajstić information content (AvgIpc) is 3.37. The SMILES string of the molecule is C/C=C(/F)c1sc(N)c(C#N)c1C(=C(C)CC)c1c2c(c3cnc(N4CCC(C)C4)nc3c1F)COC2.CCCCC1(N(C)CCC)CC1. The molecule has 2 N–H and O–H groups in total. The number of anilines is 2. The quantitative estimate of drug-likeness (QED) is 0.214. The van der Waals surface area contributed by atoms with Crippen LogP contribution >= 0.6 is 11.3 Å². The number of thiophene rings is 1. The molecule has 49 heavy (non-hydrogen) atoms. The second-order valence-corrected chi connectivity index (χ2v) is 15.0. The fourth-order valence-corrected chi connectivity index (χ4v) is 8.30. The number of fused-ring (bicyclic) bond motifs is 3. The Kier molecular flexibility index (Phi) is 11.8. The van der Waals surface area contributed by atoms with E-state index in [1.165, 1.54) is 51.1 Å². The molecule has 2 aromatic heterocycles. The number of hydrogen-bond donors (Lipinski definition) is 1. The summed E-state index contributed by atoms with van der Waals surface area (Å²) in [4.78, 5) is 14.2. The fourth-order valence-electron chi connectivity index (χ4n) is 7.31. The van der Waals surface area contributed by atoms with Crippen molar-refractivity contribution < 1.29 is 13.5 Å². The fraction of sp³-hybridized carbons (Fsp3) is 0.564. The van der Waals surface area contributed by atoms with Gasteiger partial charge >= 0.3 is 0 Å². The summed E-state index contributed by atoms with van der Waals surface area (Å²) in [6.07, 6.45) is 13.0. The second kappa shape index (κ2) is 15.7. The Bertz CT molecular complexity index is 1790. The molecule has 0 spiro atoms.